The zero-order valence-corrected chi connectivity index (χ0v) is 11.1. The molecule has 18 heavy (non-hydrogen) atoms. The van der Waals surface area contributed by atoms with Crippen LogP contribution in [0.1, 0.15) is 12.0 Å². The van der Waals surface area contributed by atoms with E-state index < -0.39 is 0 Å². The van der Waals surface area contributed by atoms with Crippen LogP contribution in [0.3, 0.4) is 0 Å². The molecular weight excluding hydrogens is 252 g/mol. The minimum absolute atomic E-state index is 0. The zero-order valence-electron chi connectivity index (χ0n) is 10.3. The third-order valence-electron chi connectivity index (χ3n) is 2.80. The molecule has 1 N–H and O–H groups in total. The van der Waals surface area contributed by atoms with Crippen molar-refractivity contribution in [2.45, 2.75) is 13.0 Å². The first-order chi connectivity index (χ1) is 8.36. The Bertz CT molecular complexity index is 351. The van der Waals surface area contributed by atoms with Crippen molar-refractivity contribution in [1.29, 1.82) is 0 Å². The first-order valence-corrected chi connectivity index (χ1v) is 6.02. The van der Waals surface area contributed by atoms with Crippen LogP contribution < -0.4 is 5.32 Å². The van der Waals surface area contributed by atoms with Gasteiger partial charge in [0, 0.05) is 19.6 Å². The van der Waals surface area contributed by atoms with Crippen LogP contribution in [-0.2, 0) is 11.3 Å². The second-order valence-electron chi connectivity index (χ2n) is 4.13. The Balaban J connectivity index is 0.00000162. The molecular formula is C13H19ClN2O2. The Kier molecular flexibility index (Phi) is 6.54. The fourth-order valence-corrected chi connectivity index (χ4v) is 1.84. The van der Waals surface area contributed by atoms with E-state index in [1.165, 1.54) is 0 Å². The fourth-order valence-electron chi connectivity index (χ4n) is 1.84. The summed E-state index contributed by atoms with van der Waals surface area (Å²) in [5.74, 6) is 0. The molecule has 0 spiro atoms. The van der Waals surface area contributed by atoms with Crippen LogP contribution in [0.15, 0.2) is 30.3 Å². The highest BCUT2D eigenvalue weighted by Crippen LogP contribution is 2.04. The molecule has 1 aliphatic heterocycles. The lowest BCUT2D eigenvalue weighted by Crippen LogP contribution is -2.34. The van der Waals surface area contributed by atoms with Gasteiger partial charge in [0.1, 0.15) is 6.61 Å². The Morgan fingerprint density at radius 2 is 2.00 bits per heavy atom. The van der Waals surface area contributed by atoms with Crippen LogP contribution in [0.25, 0.3) is 0 Å². The summed E-state index contributed by atoms with van der Waals surface area (Å²) < 4.78 is 5.28. The Hall–Kier alpha value is -1.26. The summed E-state index contributed by atoms with van der Waals surface area (Å²) >= 11 is 0. The van der Waals surface area contributed by atoms with Gasteiger partial charge in [-0.2, -0.15) is 0 Å². The zero-order chi connectivity index (χ0) is 11.9. The molecule has 1 fully saturated rings. The summed E-state index contributed by atoms with van der Waals surface area (Å²) in [6, 6.07) is 9.75. The van der Waals surface area contributed by atoms with Crippen molar-refractivity contribution < 1.29 is 9.53 Å². The minimum Gasteiger partial charge on any atom is -0.445 e. The maximum atomic E-state index is 11.8. The second-order valence-corrected chi connectivity index (χ2v) is 4.13. The van der Waals surface area contributed by atoms with E-state index in [0.717, 1.165) is 38.2 Å². The molecule has 100 valence electrons. The van der Waals surface area contributed by atoms with E-state index in [9.17, 15) is 4.79 Å². The van der Waals surface area contributed by atoms with Gasteiger partial charge in [-0.1, -0.05) is 30.3 Å². The highest BCUT2D eigenvalue weighted by molar-refractivity contribution is 5.85. The van der Waals surface area contributed by atoms with Crippen molar-refractivity contribution >= 4 is 18.5 Å². The standard InChI is InChI=1S/C13H18N2O2.ClH/c16-13(15-9-4-7-14-8-10-15)17-11-12-5-2-1-3-6-12;/h1-3,5-6,14H,4,7-11H2;1H. The maximum Gasteiger partial charge on any atom is 0.410 e. The number of halogens is 1. The number of benzene rings is 1. The van der Waals surface area contributed by atoms with E-state index in [2.05, 4.69) is 5.32 Å². The van der Waals surface area contributed by atoms with Gasteiger partial charge in [-0.25, -0.2) is 4.79 Å². The normalized spacial score (nSPS) is 15.4. The van der Waals surface area contributed by atoms with Crippen LogP contribution in [0.2, 0.25) is 0 Å². The van der Waals surface area contributed by atoms with Crippen LogP contribution in [0.5, 0.6) is 0 Å². The highest BCUT2D eigenvalue weighted by atomic mass is 35.5. The summed E-state index contributed by atoms with van der Waals surface area (Å²) in [7, 11) is 0. The number of nitrogens with zero attached hydrogens (tertiary/aromatic N) is 1. The second kappa shape index (κ2) is 7.95. The van der Waals surface area contributed by atoms with Gasteiger partial charge in [0.05, 0.1) is 0 Å². The third-order valence-corrected chi connectivity index (χ3v) is 2.80. The number of hydrogen-bond acceptors (Lipinski definition) is 3. The molecule has 0 bridgehead atoms. The average Bonchev–Trinajstić information content (AvgIpc) is 2.66. The summed E-state index contributed by atoms with van der Waals surface area (Å²) in [5, 5.41) is 3.26. The van der Waals surface area contributed by atoms with Crippen molar-refractivity contribution in [2.75, 3.05) is 26.2 Å². The summed E-state index contributed by atoms with van der Waals surface area (Å²) in [5.41, 5.74) is 1.02. The molecule has 0 aromatic heterocycles. The largest absolute Gasteiger partial charge is 0.445 e. The molecule has 0 aliphatic carbocycles. The molecule has 4 nitrogen and oxygen atoms in total. The number of hydrogen-bond donors (Lipinski definition) is 1. The Morgan fingerprint density at radius 3 is 2.78 bits per heavy atom. The fraction of sp³-hybridized carbons (Fsp3) is 0.462. The van der Waals surface area contributed by atoms with Crippen LogP contribution >= 0.6 is 12.4 Å². The monoisotopic (exact) mass is 270 g/mol. The van der Waals surface area contributed by atoms with E-state index in [1.54, 1.807) is 4.90 Å². The molecule has 2 rings (SSSR count). The van der Waals surface area contributed by atoms with E-state index in [1.807, 2.05) is 30.3 Å². The number of nitrogens with one attached hydrogen (secondary N) is 1. The van der Waals surface area contributed by atoms with Gasteiger partial charge in [-0.3, -0.25) is 0 Å². The van der Waals surface area contributed by atoms with Gasteiger partial charge in [0.2, 0.25) is 0 Å². The third kappa shape index (κ3) is 4.55. The predicted molar refractivity (Wildman–Crippen MR) is 72.9 cm³/mol. The molecule has 1 aromatic rings. The predicted octanol–water partition coefficient (Wildman–Crippen LogP) is 2.04. The quantitative estimate of drug-likeness (QED) is 0.894. The van der Waals surface area contributed by atoms with Crippen LogP contribution in [0, 0.1) is 0 Å². The van der Waals surface area contributed by atoms with Crippen LogP contribution in [-0.4, -0.2) is 37.2 Å². The van der Waals surface area contributed by atoms with Gasteiger partial charge >= 0.3 is 6.09 Å². The average molecular weight is 271 g/mol. The number of carbonyl (C=O) groups excluding carboxylic acids is 1. The van der Waals surface area contributed by atoms with Crippen molar-refractivity contribution in [3.05, 3.63) is 35.9 Å². The number of rotatable bonds is 2. The van der Waals surface area contributed by atoms with E-state index >= 15 is 0 Å². The van der Waals surface area contributed by atoms with Gasteiger partial charge in [-0.05, 0) is 18.5 Å². The molecule has 1 heterocycles. The molecule has 1 aliphatic rings. The van der Waals surface area contributed by atoms with E-state index in [0.29, 0.717) is 6.61 Å². The smallest absolute Gasteiger partial charge is 0.410 e. The molecule has 5 heteroatoms. The Labute approximate surface area is 114 Å². The SMILES string of the molecule is Cl.O=C(OCc1ccccc1)N1CCCNCC1. The van der Waals surface area contributed by atoms with E-state index in [-0.39, 0.29) is 18.5 Å². The topological polar surface area (TPSA) is 41.6 Å². The summed E-state index contributed by atoms with van der Waals surface area (Å²) in [4.78, 5) is 13.6. The van der Waals surface area contributed by atoms with Gasteiger partial charge in [0.25, 0.3) is 0 Å². The lowest BCUT2D eigenvalue weighted by atomic mass is 10.2. The van der Waals surface area contributed by atoms with Crippen molar-refractivity contribution in [1.82, 2.24) is 10.2 Å². The first kappa shape index (κ1) is 14.8. The molecule has 1 amide bonds. The van der Waals surface area contributed by atoms with Gasteiger partial charge in [-0.15, -0.1) is 12.4 Å². The van der Waals surface area contributed by atoms with Crippen LogP contribution in [0.4, 0.5) is 4.79 Å². The maximum absolute atomic E-state index is 11.8. The lowest BCUT2D eigenvalue weighted by molar-refractivity contribution is 0.0984. The number of ether oxygens (including phenoxy) is 1. The molecule has 0 radical (unpaired) electrons. The summed E-state index contributed by atoms with van der Waals surface area (Å²) in [6.07, 6.45) is 0.776. The minimum atomic E-state index is -0.211. The molecule has 0 atom stereocenters. The van der Waals surface area contributed by atoms with Gasteiger partial charge < -0.3 is 15.0 Å². The lowest BCUT2D eigenvalue weighted by Gasteiger charge is -2.19. The van der Waals surface area contributed by atoms with Gasteiger partial charge in [0.15, 0.2) is 0 Å². The molecule has 0 saturated carbocycles. The molecule has 1 saturated heterocycles. The number of amides is 1. The van der Waals surface area contributed by atoms with Crippen molar-refractivity contribution in [3.8, 4) is 0 Å². The summed E-state index contributed by atoms with van der Waals surface area (Å²) in [6.45, 7) is 3.68. The molecule has 1 aromatic carbocycles. The molecule has 0 unspecified atom stereocenters. The first-order valence-electron chi connectivity index (χ1n) is 6.02. The van der Waals surface area contributed by atoms with E-state index in [4.69, 9.17) is 4.74 Å². The van der Waals surface area contributed by atoms with Crippen molar-refractivity contribution in [2.24, 2.45) is 0 Å². The van der Waals surface area contributed by atoms with Crippen molar-refractivity contribution in [3.63, 3.8) is 0 Å². The number of carbonyl (C=O) groups is 1. The Morgan fingerprint density at radius 1 is 1.22 bits per heavy atom. The highest BCUT2D eigenvalue weighted by Gasteiger charge is 2.16.